The summed E-state index contributed by atoms with van der Waals surface area (Å²) in [5.41, 5.74) is -0.462. The number of benzene rings is 1. The van der Waals surface area contributed by atoms with E-state index in [0.717, 1.165) is 12.1 Å². The Morgan fingerprint density at radius 2 is 2.00 bits per heavy atom. The minimum absolute atomic E-state index is 0.247. The van der Waals surface area contributed by atoms with Gasteiger partial charge in [0.05, 0.1) is 18.9 Å². The fourth-order valence-electron chi connectivity index (χ4n) is 0.989. The van der Waals surface area contributed by atoms with Crippen molar-refractivity contribution in [2.45, 2.75) is 6.18 Å². The summed E-state index contributed by atoms with van der Waals surface area (Å²) in [6, 6.07) is 3.12. The van der Waals surface area contributed by atoms with Gasteiger partial charge in [-0.25, -0.2) is 0 Å². The van der Waals surface area contributed by atoms with Crippen LogP contribution in [0, 0.1) is 0 Å². The molecule has 0 radical (unpaired) electrons. The normalized spacial score (nSPS) is 12.1. The van der Waals surface area contributed by atoms with Crippen molar-refractivity contribution < 1.29 is 17.9 Å². The van der Waals surface area contributed by atoms with E-state index in [9.17, 15) is 13.2 Å². The predicted octanol–water partition coefficient (Wildman–Crippen LogP) is 3.98. The number of hydrogen-bond acceptors (Lipinski definition) is 1. The summed E-state index contributed by atoms with van der Waals surface area (Å²) in [5.74, 6) is 0. The molecule has 0 fully saturated rings. The van der Waals surface area contributed by atoms with E-state index in [-0.39, 0.29) is 10.6 Å². The van der Waals surface area contributed by atoms with Crippen molar-refractivity contribution >= 4 is 17.7 Å². The van der Waals surface area contributed by atoms with E-state index in [0.29, 0.717) is 0 Å². The fourth-order valence-corrected chi connectivity index (χ4v) is 1.17. The molecule has 0 N–H and O–H groups in total. The van der Waals surface area contributed by atoms with Crippen molar-refractivity contribution in [3.8, 4) is 0 Å². The third kappa shape index (κ3) is 3.16. The molecule has 0 aromatic heterocycles. The second-order valence-corrected chi connectivity index (χ2v) is 3.18. The lowest BCUT2D eigenvalue weighted by atomic mass is 10.1. The SMILES string of the molecule is COC=Cc1cc(C(F)(F)F)ccc1Cl. The van der Waals surface area contributed by atoms with Gasteiger partial charge in [-0.05, 0) is 29.8 Å². The van der Waals surface area contributed by atoms with E-state index in [1.807, 2.05) is 0 Å². The maximum Gasteiger partial charge on any atom is 0.416 e. The molecule has 0 aliphatic carbocycles. The lowest BCUT2D eigenvalue weighted by molar-refractivity contribution is -0.137. The monoisotopic (exact) mass is 236 g/mol. The maximum absolute atomic E-state index is 12.3. The van der Waals surface area contributed by atoms with Crippen molar-refractivity contribution in [1.29, 1.82) is 0 Å². The van der Waals surface area contributed by atoms with Crippen LogP contribution in [-0.4, -0.2) is 7.11 Å². The van der Waals surface area contributed by atoms with Crippen molar-refractivity contribution in [3.63, 3.8) is 0 Å². The highest BCUT2D eigenvalue weighted by Gasteiger charge is 2.30. The Kier molecular flexibility index (Phi) is 3.63. The van der Waals surface area contributed by atoms with Crippen LogP contribution in [0.2, 0.25) is 5.02 Å². The van der Waals surface area contributed by atoms with Gasteiger partial charge in [0.1, 0.15) is 0 Å². The zero-order valence-corrected chi connectivity index (χ0v) is 8.56. The molecule has 0 saturated heterocycles. The molecule has 0 atom stereocenters. The Morgan fingerprint density at radius 3 is 2.53 bits per heavy atom. The van der Waals surface area contributed by atoms with E-state index in [1.54, 1.807) is 0 Å². The van der Waals surface area contributed by atoms with Crippen molar-refractivity contribution in [2.75, 3.05) is 7.11 Å². The predicted molar refractivity (Wildman–Crippen MR) is 52.5 cm³/mol. The van der Waals surface area contributed by atoms with Gasteiger partial charge in [0.2, 0.25) is 0 Å². The van der Waals surface area contributed by atoms with Crippen LogP contribution in [0.15, 0.2) is 24.5 Å². The van der Waals surface area contributed by atoms with Gasteiger partial charge < -0.3 is 4.74 Å². The maximum atomic E-state index is 12.3. The van der Waals surface area contributed by atoms with Crippen LogP contribution in [0.25, 0.3) is 6.08 Å². The first-order valence-corrected chi connectivity index (χ1v) is 4.39. The number of methoxy groups -OCH3 is 1. The van der Waals surface area contributed by atoms with Crippen LogP contribution in [0.4, 0.5) is 13.2 Å². The number of rotatable bonds is 2. The van der Waals surface area contributed by atoms with Gasteiger partial charge in [0, 0.05) is 5.02 Å². The molecule has 0 aliphatic rings. The minimum atomic E-state index is -4.36. The van der Waals surface area contributed by atoms with Crippen molar-refractivity contribution in [3.05, 3.63) is 40.6 Å². The molecule has 5 heteroatoms. The van der Waals surface area contributed by atoms with Crippen LogP contribution in [0.3, 0.4) is 0 Å². The molecule has 0 aliphatic heterocycles. The van der Waals surface area contributed by atoms with E-state index in [2.05, 4.69) is 4.74 Å². The molecule has 1 aromatic carbocycles. The third-order valence-corrected chi connectivity index (χ3v) is 2.05. The Balaban J connectivity index is 3.11. The van der Waals surface area contributed by atoms with Gasteiger partial charge in [-0.3, -0.25) is 0 Å². The van der Waals surface area contributed by atoms with Gasteiger partial charge in [0.25, 0.3) is 0 Å². The van der Waals surface area contributed by atoms with Gasteiger partial charge in [-0.15, -0.1) is 0 Å². The Labute approximate surface area is 90.1 Å². The first-order valence-electron chi connectivity index (χ1n) is 4.01. The molecule has 82 valence electrons. The Bertz CT molecular complexity index is 371. The molecule has 0 saturated carbocycles. The van der Waals surface area contributed by atoms with Crippen LogP contribution < -0.4 is 0 Å². The van der Waals surface area contributed by atoms with Crippen LogP contribution in [0.1, 0.15) is 11.1 Å². The number of halogens is 4. The zero-order valence-electron chi connectivity index (χ0n) is 7.81. The summed E-state index contributed by atoms with van der Waals surface area (Å²) >= 11 is 5.71. The van der Waals surface area contributed by atoms with Gasteiger partial charge >= 0.3 is 6.18 Å². The topological polar surface area (TPSA) is 9.23 Å². The Morgan fingerprint density at radius 1 is 1.33 bits per heavy atom. The molecule has 1 aromatic rings. The average Bonchev–Trinajstić information content (AvgIpc) is 2.15. The quantitative estimate of drug-likeness (QED) is 0.706. The highest BCUT2D eigenvalue weighted by molar-refractivity contribution is 6.32. The lowest BCUT2D eigenvalue weighted by Crippen LogP contribution is -2.04. The molecule has 0 spiro atoms. The van der Waals surface area contributed by atoms with E-state index in [4.69, 9.17) is 11.6 Å². The summed E-state index contributed by atoms with van der Waals surface area (Å²) in [7, 11) is 1.40. The molecule has 0 unspecified atom stereocenters. The highest BCUT2D eigenvalue weighted by atomic mass is 35.5. The summed E-state index contributed by atoms with van der Waals surface area (Å²) < 4.78 is 41.6. The van der Waals surface area contributed by atoms with Gasteiger partial charge in [-0.2, -0.15) is 13.2 Å². The molecule has 15 heavy (non-hydrogen) atoms. The molecule has 1 rings (SSSR count). The van der Waals surface area contributed by atoms with Crippen molar-refractivity contribution in [1.82, 2.24) is 0 Å². The first-order chi connectivity index (χ1) is 6.95. The fraction of sp³-hybridized carbons (Fsp3) is 0.200. The second kappa shape index (κ2) is 4.57. The minimum Gasteiger partial charge on any atom is -0.504 e. The first kappa shape index (κ1) is 11.9. The molecule has 1 nitrogen and oxygen atoms in total. The standard InChI is InChI=1S/C10H8ClF3O/c1-15-5-4-7-6-8(10(12,13)14)2-3-9(7)11/h2-6H,1H3. The smallest absolute Gasteiger partial charge is 0.416 e. The molecular formula is C10H8ClF3O. The van der Waals surface area contributed by atoms with Gasteiger partial charge in [0.15, 0.2) is 0 Å². The summed E-state index contributed by atoms with van der Waals surface area (Å²) in [4.78, 5) is 0. The summed E-state index contributed by atoms with van der Waals surface area (Å²) in [5, 5.41) is 0.247. The highest BCUT2D eigenvalue weighted by Crippen LogP contribution is 2.32. The largest absolute Gasteiger partial charge is 0.504 e. The van der Waals surface area contributed by atoms with E-state index < -0.39 is 11.7 Å². The van der Waals surface area contributed by atoms with E-state index in [1.165, 1.54) is 25.5 Å². The second-order valence-electron chi connectivity index (χ2n) is 2.77. The lowest BCUT2D eigenvalue weighted by Gasteiger charge is -2.08. The summed E-state index contributed by atoms with van der Waals surface area (Å²) in [6.45, 7) is 0. The zero-order chi connectivity index (χ0) is 11.5. The molecule has 0 heterocycles. The average molecular weight is 237 g/mol. The van der Waals surface area contributed by atoms with E-state index >= 15 is 0 Å². The molecule has 0 amide bonds. The van der Waals surface area contributed by atoms with Crippen LogP contribution >= 0.6 is 11.6 Å². The molecular weight excluding hydrogens is 229 g/mol. The molecule has 0 bridgehead atoms. The van der Waals surface area contributed by atoms with Gasteiger partial charge in [-0.1, -0.05) is 11.6 Å². The Hall–Kier alpha value is -1.16. The summed E-state index contributed by atoms with van der Waals surface area (Å²) in [6.07, 6.45) is -1.72. The van der Waals surface area contributed by atoms with Crippen LogP contribution in [-0.2, 0) is 10.9 Å². The number of ether oxygens (including phenoxy) is 1. The van der Waals surface area contributed by atoms with Crippen molar-refractivity contribution in [2.24, 2.45) is 0 Å². The van der Waals surface area contributed by atoms with Crippen LogP contribution in [0.5, 0.6) is 0 Å². The number of alkyl halides is 3. The number of hydrogen-bond donors (Lipinski definition) is 0. The third-order valence-electron chi connectivity index (χ3n) is 1.71.